The van der Waals surface area contributed by atoms with Crippen LogP contribution in [0.3, 0.4) is 0 Å². The second kappa shape index (κ2) is 7.54. The maximum atomic E-state index is 6.24. The Morgan fingerprint density at radius 2 is 1.86 bits per heavy atom. The SMILES string of the molecule is Cc1ccc(-c2cnc(N)n2N=Cc2ccc(-c3cc(Cl)ccc3Cl)o2)cc1. The lowest BCUT2D eigenvalue weighted by Gasteiger charge is -2.04. The van der Waals surface area contributed by atoms with Crippen molar-refractivity contribution in [1.29, 1.82) is 0 Å². The Kier molecular flexibility index (Phi) is 4.94. The number of aromatic nitrogens is 2. The van der Waals surface area contributed by atoms with Crippen LogP contribution in [0, 0.1) is 6.92 Å². The Balaban J connectivity index is 1.64. The number of furan rings is 1. The summed E-state index contributed by atoms with van der Waals surface area (Å²) in [5.74, 6) is 1.44. The van der Waals surface area contributed by atoms with E-state index in [2.05, 4.69) is 10.1 Å². The molecule has 0 amide bonds. The van der Waals surface area contributed by atoms with Crippen LogP contribution >= 0.6 is 23.2 Å². The van der Waals surface area contributed by atoms with Gasteiger partial charge in [-0.15, -0.1) is 0 Å². The first kappa shape index (κ1) is 18.3. The molecule has 4 aromatic rings. The van der Waals surface area contributed by atoms with E-state index >= 15 is 0 Å². The molecule has 2 heterocycles. The zero-order valence-corrected chi connectivity index (χ0v) is 16.4. The van der Waals surface area contributed by atoms with Crippen molar-refractivity contribution >= 4 is 35.4 Å². The minimum absolute atomic E-state index is 0.288. The summed E-state index contributed by atoms with van der Waals surface area (Å²) in [4.78, 5) is 4.17. The van der Waals surface area contributed by atoms with Crippen LogP contribution in [-0.4, -0.2) is 15.9 Å². The van der Waals surface area contributed by atoms with Crippen molar-refractivity contribution in [2.24, 2.45) is 5.10 Å². The fourth-order valence-electron chi connectivity index (χ4n) is 2.77. The Morgan fingerprint density at radius 1 is 1.07 bits per heavy atom. The number of anilines is 1. The van der Waals surface area contributed by atoms with Gasteiger partial charge in [-0.25, -0.2) is 4.98 Å². The molecule has 0 radical (unpaired) electrons. The summed E-state index contributed by atoms with van der Waals surface area (Å²) in [5.41, 5.74) is 9.64. The molecular formula is C21H16Cl2N4O. The second-order valence-corrected chi connectivity index (χ2v) is 7.09. The monoisotopic (exact) mass is 410 g/mol. The molecule has 0 aliphatic carbocycles. The first-order valence-electron chi connectivity index (χ1n) is 8.51. The number of nitrogens with two attached hydrogens (primary N) is 1. The molecule has 4 rings (SSSR count). The third-order valence-electron chi connectivity index (χ3n) is 4.23. The molecule has 5 nitrogen and oxygen atoms in total. The molecule has 0 saturated carbocycles. The molecular weight excluding hydrogens is 395 g/mol. The Bertz CT molecular complexity index is 1160. The van der Waals surface area contributed by atoms with E-state index in [0.717, 1.165) is 16.8 Å². The number of hydrogen-bond donors (Lipinski definition) is 1. The molecule has 0 atom stereocenters. The summed E-state index contributed by atoms with van der Waals surface area (Å²) < 4.78 is 7.41. The lowest BCUT2D eigenvalue weighted by Crippen LogP contribution is -1.99. The van der Waals surface area contributed by atoms with Crippen LogP contribution in [0.4, 0.5) is 5.95 Å². The molecule has 0 saturated heterocycles. The topological polar surface area (TPSA) is 69.3 Å². The summed E-state index contributed by atoms with van der Waals surface area (Å²) in [5, 5.41) is 5.57. The van der Waals surface area contributed by atoms with Crippen LogP contribution in [-0.2, 0) is 0 Å². The fourth-order valence-corrected chi connectivity index (χ4v) is 3.15. The van der Waals surface area contributed by atoms with E-state index in [0.29, 0.717) is 21.6 Å². The smallest absolute Gasteiger partial charge is 0.221 e. The van der Waals surface area contributed by atoms with E-state index in [9.17, 15) is 0 Å². The van der Waals surface area contributed by atoms with E-state index in [1.54, 1.807) is 41.4 Å². The van der Waals surface area contributed by atoms with Crippen molar-refractivity contribution in [3.05, 3.63) is 82.2 Å². The van der Waals surface area contributed by atoms with Gasteiger partial charge in [-0.3, -0.25) is 0 Å². The van der Waals surface area contributed by atoms with Crippen LogP contribution in [0.15, 0.2) is 70.3 Å². The van der Waals surface area contributed by atoms with E-state index in [-0.39, 0.29) is 5.95 Å². The summed E-state index contributed by atoms with van der Waals surface area (Å²) >= 11 is 12.3. The van der Waals surface area contributed by atoms with Gasteiger partial charge in [-0.2, -0.15) is 9.78 Å². The van der Waals surface area contributed by atoms with E-state index in [1.807, 2.05) is 37.3 Å². The van der Waals surface area contributed by atoms with Gasteiger partial charge in [0.15, 0.2) is 0 Å². The van der Waals surface area contributed by atoms with E-state index in [4.69, 9.17) is 33.4 Å². The van der Waals surface area contributed by atoms with Crippen molar-refractivity contribution in [3.63, 3.8) is 0 Å². The molecule has 140 valence electrons. The quantitative estimate of drug-likeness (QED) is 0.426. The Morgan fingerprint density at radius 3 is 2.64 bits per heavy atom. The van der Waals surface area contributed by atoms with Crippen molar-refractivity contribution in [2.75, 3.05) is 5.73 Å². The highest BCUT2D eigenvalue weighted by Crippen LogP contribution is 2.31. The van der Waals surface area contributed by atoms with Gasteiger partial charge in [0.25, 0.3) is 0 Å². The number of rotatable bonds is 4. The van der Waals surface area contributed by atoms with Crippen LogP contribution in [0.25, 0.3) is 22.6 Å². The molecule has 0 aliphatic rings. The zero-order valence-electron chi connectivity index (χ0n) is 14.9. The third-order valence-corrected chi connectivity index (χ3v) is 4.80. The van der Waals surface area contributed by atoms with Crippen molar-refractivity contribution < 1.29 is 4.42 Å². The predicted octanol–water partition coefficient (Wildman–Crippen LogP) is 5.89. The molecule has 28 heavy (non-hydrogen) atoms. The highest BCUT2D eigenvalue weighted by atomic mass is 35.5. The molecule has 2 aromatic carbocycles. The van der Waals surface area contributed by atoms with Crippen molar-refractivity contribution in [1.82, 2.24) is 9.66 Å². The normalized spacial score (nSPS) is 11.4. The number of imidazole rings is 1. The molecule has 0 bridgehead atoms. The summed E-state index contributed by atoms with van der Waals surface area (Å²) in [6.07, 6.45) is 3.27. The van der Waals surface area contributed by atoms with Gasteiger partial charge >= 0.3 is 0 Å². The van der Waals surface area contributed by atoms with Crippen LogP contribution < -0.4 is 5.73 Å². The van der Waals surface area contributed by atoms with E-state index < -0.39 is 0 Å². The first-order chi connectivity index (χ1) is 13.5. The first-order valence-corrected chi connectivity index (χ1v) is 9.27. The average Bonchev–Trinajstić information content (AvgIpc) is 3.29. The van der Waals surface area contributed by atoms with Crippen molar-refractivity contribution in [2.45, 2.75) is 6.92 Å². The van der Waals surface area contributed by atoms with Gasteiger partial charge in [0, 0.05) is 16.1 Å². The zero-order chi connectivity index (χ0) is 19.7. The Labute approximate surface area is 172 Å². The van der Waals surface area contributed by atoms with Crippen LogP contribution in [0.5, 0.6) is 0 Å². The Hall–Kier alpha value is -3.02. The fraction of sp³-hybridized carbons (Fsp3) is 0.0476. The molecule has 0 spiro atoms. The predicted molar refractivity (Wildman–Crippen MR) is 114 cm³/mol. The standard InChI is InChI=1S/C21H16Cl2N4O/c1-13-2-4-14(5-3-13)19-12-25-21(24)27(19)26-11-16-7-9-20(28-16)17-10-15(22)6-8-18(17)23/h2-12H,1H3,(H2,24,25). The molecule has 2 N–H and O–H groups in total. The maximum Gasteiger partial charge on any atom is 0.221 e. The number of nitrogens with zero attached hydrogens (tertiary/aromatic N) is 3. The molecule has 0 unspecified atom stereocenters. The maximum absolute atomic E-state index is 6.24. The number of hydrogen-bond acceptors (Lipinski definition) is 4. The highest BCUT2D eigenvalue weighted by Gasteiger charge is 2.11. The van der Waals surface area contributed by atoms with Gasteiger partial charge in [0.1, 0.15) is 11.5 Å². The molecule has 0 aliphatic heterocycles. The summed E-state index contributed by atoms with van der Waals surface area (Å²) in [6.45, 7) is 2.04. The molecule has 2 aromatic heterocycles. The average molecular weight is 411 g/mol. The number of aryl methyl sites for hydroxylation is 1. The van der Waals surface area contributed by atoms with Gasteiger partial charge < -0.3 is 10.2 Å². The van der Waals surface area contributed by atoms with Gasteiger partial charge in [0.2, 0.25) is 5.95 Å². The number of nitrogen functional groups attached to an aromatic ring is 1. The lowest BCUT2D eigenvalue weighted by molar-refractivity contribution is 0.574. The number of halogens is 2. The van der Waals surface area contributed by atoms with Crippen LogP contribution in [0.2, 0.25) is 10.0 Å². The minimum Gasteiger partial charge on any atom is -0.455 e. The number of benzene rings is 2. The van der Waals surface area contributed by atoms with Gasteiger partial charge in [-0.05, 0) is 37.3 Å². The molecule has 0 fully saturated rings. The summed E-state index contributed by atoms with van der Waals surface area (Å²) in [7, 11) is 0. The van der Waals surface area contributed by atoms with E-state index in [1.165, 1.54) is 5.56 Å². The minimum atomic E-state index is 0.288. The highest BCUT2D eigenvalue weighted by molar-refractivity contribution is 6.35. The third kappa shape index (κ3) is 3.67. The molecule has 7 heteroatoms. The van der Waals surface area contributed by atoms with Gasteiger partial charge in [0.05, 0.1) is 23.1 Å². The van der Waals surface area contributed by atoms with Crippen LogP contribution in [0.1, 0.15) is 11.3 Å². The lowest BCUT2D eigenvalue weighted by atomic mass is 10.1. The second-order valence-electron chi connectivity index (χ2n) is 6.25. The van der Waals surface area contributed by atoms with Gasteiger partial charge in [-0.1, -0.05) is 53.0 Å². The van der Waals surface area contributed by atoms with Crippen molar-refractivity contribution in [3.8, 4) is 22.6 Å². The largest absolute Gasteiger partial charge is 0.455 e. The summed E-state index contributed by atoms with van der Waals surface area (Å²) in [6, 6.07) is 16.9.